The number of nitrogens with one attached hydrogen (secondary N) is 1. The lowest BCUT2D eigenvalue weighted by Crippen LogP contribution is -2.29. The Kier molecular flexibility index (Phi) is 4.79. The third-order valence-electron chi connectivity index (χ3n) is 3.09. The van der Waals surface area contributed by atoms with E-state index >= 15 is 0 Å². The number of rotatable bonds is 6. The van der Waals surface area contributed by atoms with Crippen molar-refractivity contribution in [2.24, 2.45) is 0 Å². The molecule has 3 heteroatoms. The van der Waals surface area contributed by atoms with Gasteiger partial charge in [-0.25, -0.2) is 0 Å². The fraction of sp³-hybridized carbons (Fsp3) is 0.333. The highest BCUT2D eigenvalue weighted by Crippen LogP contribution is 2.16. The Morgan fingerprint density at radius 2 is 2.06 bits per heavy atom. The number of thiophene rings is 1. The van der Waals surface area contributed by atoms with Gasteiger partial charge in [0.15, 0.2) is 0 Å². The van der Waals surface area contributed by atoms with Gasteiger partial charge in [-0.15, -0.1) is 0 Å². The zero-order valence-electron chi connectivity index (χ0n) is 10.8. The maximum atomic E-state index is 5.26. The topological polar surface area (TPSA) is 21.3 Å². The number of benzene rings is 1. The van der Waals surface area contributed by atoms with Crippen LogP contribution in [0.15, 0.2) is 41.1 Å². The molecule has 1 N–H and O–H groups in total. The maximum absolute atomic E-state index is 5.26. The average molecular weight is 261 g/mol. The van der Waals surface area contributed by atoms with Gasteiger partial charge in [0, 0.05) is 6.04 Å². The van der Waals surface area contributed by atoms with Gasteiger partial charge in [-0.05, 0) is 60.0 Å². The zero-order chi connectivity index (χ0) is 12.8. The molecule has 1 unspecified atom stereocenters. The van der Waals surface area contributed by atoms with Crippen molar-refractivity contribution >= 4 is 11.3 Å². The molecule has 0 saturated heterocycles. The van der Waals surface area contributed by atoms with E-state index in [4.69, 9.17) is 4.74 Å². The maximum Gasteiger partial charge on any atom is 0.119 e. The summed E-state index contributed by atoms with van der Waals surface area (Å²) >= 11 is 1.76. The van der Waals surface area contributed by atoms with Gasteiger partial charge in [-0.3, -0.25) is 0 Å². The second-order valence-corrected chi connectivity index (χ2v) is 5.16. The van der Waals surface area contributed by atoms with Crippen molar-refractivity contribution in [3.8, 4) is 5.75 Å². The van der Waals surface area contributed by atoms with Crippen LogP contribution < -0.4 is 10.1 Å². The van der Waals surface area contributed by atoms with E-state index in [-0.39, 0.29) is 0 Å². The molecule has 18 heavy (non-hydrogen) atoms. The van der Waals surface area contributed by atoms with Crippen LogP contribution in [-0.2, 0) is 12.8 Å². The van der Waals surface area contributed by atoms with E-state index in [1.54, 1.807) is 18.4 Å². The summed E-state index contributed by atoms with van der Waals surface area (Å²) in [6.45, 7) is 0. The summed E-state index contributed by atoms with van der Waals surface area (Å²) in [6, 6.07) is 11.0. The lowest BCUT2D eigenvalue weighted by Gasteiger charge is -2.16. The number of ether oxygens (including phenoxy) is 1. The first-order valence-electron chi connectivity index (χ1n) is 6.13. The molecule has 0 aliphatic carbocycles. The van der Waals surface area contributed by atoms with Gasteiger partial charge in [-0.1, -0.05) is 12.1 Å². The highest BCUT2D eigenvalue weighted by Gasteiger charge is 2.09. The van der Waals surface area contributed by atoms with Crippen molar-refractivity contribution in [2.45, 2.75) is 18.9 Å². The lowest BCUT2D eigenvalue weighted by molar-refractivity contribution is 0.414. The molecule has 0 aliphatic rings. The first kappa shape index (κ1) is 13.1. The Morgan fingerprint density at radius 3 is 2.72 bits per heavy atom. The Bertz CT molecular complexity index is 467. The summed E-state index contributed by atoms with van der Waals surface area (Å²) in [4.78, 5) is 0. The predicted octanol–water partition coefficient (Wildman–Crippen LogP) is 3.13. The van der Waals surface area contributed by atoms with E-state index < -0.39 is 0 Å². The molecule has 0 amide bonds. The molecule has 0 fully saturated rings. The van der Waals surface area contributed by atoms with Gasteiger partial charge in [0.05, 0.1) is 7.11 Å². The van der Waals surface area contributed by atoms with E-state index in [0.29, 0.717) is 6.04 Å². The van der Waals surface area contributed by atoms with Gasteiger partial charge in [0.2, 0.25) is 0 Å². The molecule has 0 radical (unpaired) electrons. The largest absolute Gasteiger partial charge is 0.497 e. The van der Waals surface area contributed by atoms with Crippen LogP contribution in [0.1, 0.15) is 11.1 Å². The van der Waals surface area contributed by atoms with Gasteiger partial charge >= 0.3 is 0 Å². The van der Waals surface area contributed by atoms with E-state index in [0.717, 1.165) is 18.6 Å². The molecule has 2 rings (SSSR count). The van der Waals surface area contributed by atoms with E-state index in [9.17, 15) is 0 Å². The summed E-state index contributed by atoms with van der Waals surface area (Å²) in [7, 11) is 3.73. The highest BCUT2D eigenvalue weighted by molar-refractivity contribution is 7.07. The summed E-state index contributed by atoms with van der Waals surface area (Å²) < 4.78 is 5.26. The fourth-order valence-electron chi connectivity index (χ4n) is 2.05. The predicted molar refractivity (Wildman–Crippen MR) is 77.6 cm³/mol. The third-order valence-corrected chi connectivity index (χ3v) is 3.82. The highest BCUT2D eigenvalue weighted by atomic mass is 32.1. The summed E-state index contributed by atoms with van der Waals surface area (Å²) in [5, 5.41) is 7.74. The molecule has 1 aromatic carbocycles. The van der Waals surface area contributed by atoms with Crippen molar-refractivity contribution < 1.29 is 4.74 Å². The monoisotopic (exact) mass is 261 g/mol. The van der Waals surface area contributed by atoms with Crippen LogP contribution in [0.25, 0.3) is 0 Å². The minimum atomic E-state index is 0.465. The Morgan fingerprint density at radius 1 is 1.22 bits per heavy atom. The first-order chi connectivity index (χ1) is 8.81. The smallest absolute Gasteiger partial charge is 0.119 e. The van der Waals surface area contributed by atoms with Crippen molar-refractivity contribution in [1.82, 2.24) is 5.32 Å². The van der Waals surface area contributed by atoms with Crippen molar-refractivity contribution in [3.63, 3.8) is 0 Å². The molecule has 0 spiro atoms. The molecule has 2 aromatic rings. The molecule has 0 bridgehead atoms. The first-order valence-corrected chi connectivity index (χ1v) is 7.07. The summed E-state index contributed by atoms with van der Waals surface area (Å²) in [5.41, 5.74) is 2.71. The van der Waals surface area contributed by atoms with Crippen LogP contribution >= 0.6 is 11.3 Å². The van der Waals surface area contributed by atoms with E-state index in [1.165, 1.54) is 11.1 Å². The minimum absolute atomic E-state index is 0.465. The van der Waals surface area contributed by atoms with Gasteiger partial charge in [-0.2, -0.15) is 11.3 Å². The second kappa shape index (κ2) is 6.57. The van der Waals surface area contributed by atoms with Crippen LogP contribution in [0, 0.1) is 0 Å². The van der Waals surface area contributed by atoms with Gasteiger partial charge in [0.25, 0.3) is 0 Å². The lowest BCUT2D eigenvalue weighted by atomic mass is 10.0. The average Bonchev–Trinajstić information content (AvgIpc) is 2.91. The molecule has 2 nitrogen and oxygen atoms in total. The summed E-state index contributed by atoms with van der Waals surface area (Å²) in [5.74, 6) is 0.929. The molecular formula is C15H19NOS. The Labute approximate surface area is 113 Å². The number of methoxy groups -OCH3 is 1. The SMILES string of the molecule is CNC(Cc1ccsc1)Cc1cccc(OC)c1. The third kappa shape index (κ3) is 3.59. The quantitative estimate of drug-likeness (QED) is 0.862. The standard InChI is InChI=1S/C15H19NOS/c1-16-14(9-13-6-7-18-11-13)8-12-4-3-5-15(10-12)17-2/h3-7,10-11,14,16H,8-9H2,1-2H3. The van der Waals surface area contributed by atoms with Crippen molar-refractivity contribution in [3.05, 3.63) is 52.2 Å². The Hall–Kier alpha value is -1.32. The van der Waals surface area contributed by atoms with Crippen LogP contribution in [0.2, 0.25) is 0 Å². The minimum Gasteiger partial charge on any atom is -0.497 e. The van der Waals surface area contributed by atoms with Crippen molar-refractivity contribution in [1.29, 1.82) is 0 Å². The Balaban J connectivity index is 2.00. The van der Waals surface area contributed by atoms with Crippen LogP contribution in [0.3, 0.4) is 0 Å². The molecule has 1 atom stereocenters. The molecule has 0 saturated carbocycles. The van der Waals surface area contributed by atoms with E-state index in [2.05, 4.69) is 34.3 Å². The molecule has 1 heterocycles. The molecule has 1 aromatic heterocycles. The van der Waals surface area contributed by atoms with Crippen LogP contribution in [0.5, 0.6) is 5.75 Å². The number of hydrogen-bond donors (Lipinski definition) is 1. The van der Waals surface area contributed by atoms with E-state index in [1.807, 2.05) is 19.2 Å². The number of likely N-dealkylation sites (N-methyl/N-ethyl adjacent to an activating group) is 1. The van der Waals surface area contributed by atoms with Crippen molar-refractivity contribution in [2.75, 3.05) is 14.2 Å². The zero-order valence-corrected chi connectivity index (χ0v) is 11.7. The second-order valence-electron chi connectivity index (χ2n) is 4.38. The van der Waals surface area contributed by atoms with Gasteiger partial charge < -0.3 is 10.1 Å². The van der Waals surface area contributed by atoms with Crippen LogP contribution in [0.4, 0.5) is 0 Å². The number of hydrogen-bond acceptors (Lipinski definition) is 3. The molecule has 0 aliphatic heterocycles. The van der Waals surface area contributed by atoms with Gasteiger partial charge in [0.1, 0.15) is 5.75 Å². The normalized spacial score (nSPS) is 12.3. The summed E-state index contributed by atoms with van der Waals surface area (Å²) in [6.07, 6.45) is 2.08. The fourth-order valence-corrected chi connectivity index (χ4v) is 2.74. The van der Waals surface area contributed by atoms with Crippen LogP contribution in [-0.4, -0.2) is 20.2 Å². The molecule has 96 valence electrons. The molecular weight excluding hydrogens is 242 g/mol.